The Morgan fingerprint density at radius 3 is 2.73 bits per heavy atom. The molecule has 1 N–H and O–H groups in total. The van der Waals surface area contributed by atoms with Crippen LogP contribution in [0.25, 0.3) is 0 Å². The van der Waals surface area contributed by atoms with Gasteiger partial charge in [0.05, 0.1) is 12.1 Å². The summed E-state index contributed by atoms with van der Waals surface area (Å²) in [6, 6.07) is 5.45. The zero-order valence-electron chi connectivity index (χ0n) is 12.2. The predicted molar refractivity (Wildman–Crippen MR) is 78.3 cm³/mol. The number of aliphatic hydroxyl groups is 1. The summed E-state index contributed by atoms with van der Waals surface area (Å²) in [5.74, 6) is -1.10. The van der Waals surface area contributed by atoms with Crippen molar-refractivity contribution in [3.63, 3.8) is 0 Å². The number of β-amino-alcohol motifs (C(OH)–C–C–N with tert-alkyl or cyclic N) is 1. The molecular weight excluding hydrogens is 288 g/mol. The number of benzene rings is 1. The number of halogens is 2. The summed E-state index contributed by atoms with van der Waals surface area (Å²) in [6.07, 6.45) is 4.57. The molecule has 1 aliphatic rings. The van der Waals surface area contributed by atoms with Gasteiger partial charge in [-0.15, -0.1) is 0 Å². The third kappa shape index (κ3) is 3.34. The van der Waals surface area contributed by atoms with E-state index >= 15 is 0 Å². The molecule has 1 aromatic carbocycles. The summed E-state index contributed by atoms with van der Waals surface area (Å²) in [6.45, 7) is 1.92. The first-order valence-corrected chi connectivity index (χ1v) is 7.48. The van der Waals surface area contributed by atoms with E-state index in [0.29, 0.717) is 12.6 Å². The molecule has 1 atom stereocenters. The van der Waals surface area contributed by atoms with Crippen molar-refractivity contribution < 1.29 is 13.9 Å². The van der Waals surface area contributed by atoms with Crippen molar-refractivity contribution in [1.29, 1.82) is 0 Å². The van der Waals surface area contributed by atoms with Crippen molar-refractivity contribution in [3.05, 3.63) is 53.9 Å². The summed E-state index contributed by atoms with van der Waals surface area (Å²) in [4.78, 5) is 2.08. The van der Waals surface area contributed by atoms with Crippen LogP contribution in [0.15, 0.2) is 36.7 Å². The molecule has 2 aromatic rings. The molecule has 0 amide bonds. The Labute approximate surface area is 128 Å². The maximum Gasteiger partial charge on any atom is 0.129 e. The van der Waals surface area contributed by atoms with E-state index in [1.807, 2.05) is 16.9 Å². The Morgan fingerprint density at radius 2 is 2.05 bits per heavy atom. The van der Waals surface area contributed by atoms with E-state index in [9.17, 15) is 13.9 Å². The zero-order chi connectivity index (χ0) is 15.5. The van der Waals surface area contributed by atoms with Gasteiger partial charge in [-0.1, -0.05) is 0 Å². The molecular formula is C16H19F2N3O. The number of aliphatic hydroxyl groups excluding tert-OH is 1. The number of nitrogens with zero attached hydrogens (tertiary/aromatic N) is 3. The number of piperidine rings is 1. The largest absolute Gasteiger partial charge is 0.387 e. The Kier molecular flexibility index (Phi) is 4.49. The molecule has 1 fully saturated rings. The van der Waals surface area contributed by atoms with Crippen LogP contribution in [0.2, 0.25) is 0 Å². The standard InChI is InChI=1S/C16H19F2N3O/c17-12-2-3-15(18)14(10-12)16(22)11-20-8-4-13(5-9-20)21-7-1-6-19-21/h1-3,6-7,10,13,16,22H,4-5,8-9,11H2. The molecule has 118 valence electrons. The Bertz CT molecular complexity index is 610. The van der Waals surface area contributed by atoms with E-state index in [4.69, 9.17) is 0 Å². The van der Waals surface area contributed by atoms with Gasteiger partial charge in [0, 0.05) is 37.6 Å². The second-order valence-corrected chi connectivity index (χ2v) is 5.70. The molecule has 1 unspecified atom stereocenters. The Morgan fingerprint density at radius 1 is 1.27 bits per heavy atom. The lowest BCUT2D eigenvalue weighted by Crippen LogP contribution is -2.37. The molecule has 6 heteroatoms. The van der Waals surface area contributed by atoms with Gasteiger partial charge < -0.3 is 10.0 Å². The number of likely N-dealkylation sites (tertiary alicyclic amines) is 1. The minimum atomic E-state index is -1.02. The highest BCUT2D eigenvalue weighted by Crippen LogP contribution is 2.24. The molecule has 1 saturated heterocycles. The van der Waals surface area contributed by atoms with Crippen molar-refractivity contribution in [3.8, 4) is 0 Å². The van der Waals surface area contributed by atoms with E-state index in [1.165, 1.54) is 0 Å². The normalized spacial score (nSPS) is 18.5. The quantitative estimate of drug-likeness (QED) is 0.944. The maximum absolute atomic E-state index is 13.7. The molecule has 2 heterocycles. The lowest BCUT2D eigenvalue weighted by molar-refractivity contribution is 0.0865. The second kappa shape index (κ2) is 6.54. The van der Waals surface area contributed by atoms with Crippen LogP contribution >= 0.6 is 0 Å². The first-order valence-electron chi connectivity index (χ1n) is 7.48. The lowest BCUT2D eigenvalue weighted by Gasteiger charge is -2.33. The molecule has 1 aromatic heterocycles. The van der Waals surface area contributed by atoms with Crippen LogP contribution in [0.1, 0.15) is 30.6 Å². The van der Waals surface area contributed by atoms with Gasteiger partial charge in [0.1, 0.15) is 11.6 Å². The summed E-state index contributed by atoms with van der Waals surface area (Å²) < 4.78 is 28.8. The molecule has 0 aliphatic carbocycles. The van der Waals surface area contributed by atoms with Crippen LogP contribution in [0.3, 0.4) is 0 Å². The Balaban J connectivity index is 1.57. The number of rotatable bonds is 4. The van der Waals surface area contributed by atoms with Gasteiger partial charge in [0.25, 0.3) is 0 Å². The number of hydrogen-bond acceptors (Lipinski definition) is 3. The maximum atomic E-state index is 13.7. The zero-order valence-corrected chi connectivity index (χ0v) is 12.2. The SMILES string of the molecule is OC(CN1CCC(n2cccn2)CC1)c1cc(F)ccc1F. The van der Waals surface area contributed by atoms with Crippen LogP contribution < -0.4 is 0 Å². The lowest BCUT2D eigenvalue weighted by atomic mass is 10.0. The van der Waals surface area contributed by atoms with Gasteiger partial charge in [-0.05, 0) is 37.1 Å². The smallest absolute Gasteiger partial charge is 0.129 e. The van der Waals surface area contributed by atoms with Crippen LogP contribution in [0.5, 0.6) is 0 Å². The molecule has 1 aliphatic heterocycles. The molecule has 0 saturated carbocycles. The molecule has 3 rings (SSSR count). The van der Waals surface area contributed by atoms with Gasteiger partial charge in [-0.2, -0.15) is 5.10 Å². The van der Waals surface area contributed by atoms with Crippen molar-refractivity contribution >= 4 is 0 Å². The average Bonchev–Trinajstić information content (AvgIpc) is 3.05. The fraction of sp³-hybridized carbons (Fsp3) is 0.438. The third-order valence-electron chi connectivity index (χ3n) is 4.20. The van der Waals surface area contributed by atoms with Crippen LogP contribution in [-0.4, -0.2) is 39.4 Å². The monoisotopic (exact) mass is 307 g/mol. The van der Waals surface area contributed by atoms with E-state index < -0.39 is 17.7 Å². The highest BCUT2D eigenvalue weighted by Gasteiger charge is 2.23. The summed E-state index contributed by atoms with van der Waals surface area (Å²) in [5, 5.41) is 14.4. The van der Waals surface area contributed by atoms with Crippen LogP contribution in [0.4, 0.5) is 8.78 Å². The summed E-state index contributed by atoms with van der Waals surface area (Å²) in [7, 11) is 0. The predicted octanol–water partition coefficient (Wildman–Crippen LogP) is 2.53. The Hall–Kier alpha value is -1.79. The van der Waals surface area contributed by atoms with Gasteiger partial charge in [-0.3, -0.25) is 4.68 Å². The van der Waals surface area contributed by atoms with Crippen molar-refractivity contribution in [2.75, 3.05) is 19.6 Å². The third-order valence-corrected chi connectivity index (χ3v) is 4.20. The minimum Gasteiger partial charge on any atom is -0.387 e. The van der Waals surface area contributed by atoms with Crippen LogP contribution in [0, 0.1) is 11.6 Å². The average molecular weight is 307 g/mol. The van der Waals surface area contributed by atoms with Crippen molar-refractivity contribution in [2.45, 2.75) is 25.0 Å². The van der Waals surface area contributed by atoms with Gasteiger partial charge in [-0.25, -0.2) is 8.78 Å². The number of aromatic nitrogens is 2. The first-order chi connectivity index (χ1) is 10.6. The molecule has 4 nitrogen and oxygen atoms in total. The second-order valence-electron chi connectivity index (χ2n) is 5.70. The van der Waals surface area contributed by atoms with Crippen molar-refractivity contribution in [1.82, 2.24) is 14.7 Å². The van der Waals surface area contributed by atoms with E-state index in [1.54, 1.807) is 6.20 Å². The highest BCUT2D eigenvalue weighted by molar-refractivity contribution is 5.21. The summed E-state index contributed by atoms with van der Waals surface area (Å²) in [5.41, 5.74) is 0.0224. The van der Waals surface area contributed by atoms with E-state index in [2.05, 4.69) is 10.00 Å². The molecule has 0 spiro atoms. The van der Waals surface area contributed by atoms with E-state index in [0.717, 1.165) is 44.1 Å². The van der Waals surface area contributed by atoms with Gasteiger partial charge >= 0.3 is 0 Å². The highest BCUT2D eigenvalue weighted by atomic mass is 19.1. The number of hydrogen-bond donors (Lipinski definition) is 1. The first kappa shape index (κ1) is 15.1. The molecule has 22 heavy (non-hydrogen) atoms. The molecule has 0 radical (unpaired) electrons. The summed E-state index contributed by atoms with van der Waals surface area (Å²) >= 11 is 0. The van der Waals surface area contributed by atoms with Gasteiger partial charge in [0.2, 0.25) is 0 Å². The fourth-order valence-electron chi connectivity index (χ4n) is 2.98. The fourth-order valence-corrected chi connectivity index (χ4v) is 2.98. The van der Waals surface area contributed by atoms with E-state index in [-0.39, 0.29) is 5.56 Å². The topological polar surface area (TPSA) is 41.3 Å². The van der Waals surface area contributed by atoms with Crippen molar-refractivity contribution in [2.24, 2.45) is 0 Å². The molecule has 0 bridgehead atoms. The van der Waals surface area contributed by atoms with Gasteiger partial charge in [0.15, 0.2) is 0 Å². The van der Waals surface area contributed by atoms with Crippen LogP contribution in [-0.2, 0) is 0 Å². The minimum absolute atomic E-state index is 0.0224.